The summed E-state index contributed by atoms with van der Waals surface area (Å²) in [6, 6.07) is 1.28. The van der Waals surface area contributed by atoms with Gasteiger partial charge in [0.15, 0.2) is 12.6 Å². The predicted molar refractivity (Wildman–Crippen MR) is 42.1 cm³/mol. The van der Waals surface area contributed by atoms with Gasteiger partial charge in [-0.15, -0.1) is 0 Å². The van der Waals surface area contributed by atoms with Gasteiger partial charge in [-0.2, -0.15) is 0 Å². The zero-order chi connectivity index (χ0) is 10.7. The molecule has 0 aliphatic heterocycles. The second-order valence-electron chi connectivity index (χ2n) is 2.53. The molecule has 0 heterocycles. The van der Waals surface area contributed by atoms with Crippen LogP contribution in [-0.2, 0) is 0 Å². The van der Waals surface area contributed by atoms with Crippen LogP contribution in [0.4, 0.5) is 13.2 Å². The highest BCUT2D eigenvalue weighted by Crippen LogP contribution is 2.24. The first-order valence-electron chi connectivity index (χ1n) is 3.62. The average molecular weight is 202 g/mol. The number of aldehydes is 2. The van der Waals surface area contributed by atoms with Crippen molar-refractivity contribution in [2.45, 2.75) is 6.43 Å². The lowest BCUT2D eigenvalue weighted by atomic mass is 10.0. The van der Waals surface area contributed by atoms with E-state index in [0.717, 1.165) is 6.07 Å². The van der Waals surface area contributed by atoms with E-state index in [0.29, 0.717) is 6.07 Å². The summed E-state index contributed by atoms with van der Waals surface area (Å²) in [7, 11) is 0. The van der Waals surface area contributed by atoms with E-state index in [1.54, 1.807) is 0 Å². The summed E-state index contributed by atoms with van der Waals surface area (Å²) < 4.78 is 37.2. The number of carbonyl (C=O) groups excluding carboxylic acids is 2. The van der Waals surface area contributed by atoms with E-state index in [4.69, 9.17) is 0 Å². The smallest absolute Gasteiger partial charge is 0.264 e. The van der Waals surface area contributed by atoms with Gasteiger partial charge >= 0.3 is 0 Å². The number of hydrogen-bond acceptors (Lipinski definition) is 2. The molecule has 0 fully saturated rings. The van der Waals surface area contributed by atoms with Crippen LogP contribution in [0, 0.1) is 5.82 Å². The summed E-state index contributed by atoms with van der Waals surface area (Å²) in [5.74, 6) is -0.965. The summed E-state index contributed by atoms with van der Waals surface area (Å²) in [6.07, 6.45) is -2.70. The molecule has 0 aliphatic rings. The van der Waals surface area contributed by atoms with Gasteiger partial charge in [0, 0.05) is 16.7 Å². The summed E-state index contributed by atoms with van der Waals surface area (Å²) >= 11 is 0. The molecular weight excluding hydrogens is 197 g/mol. The van der Waals surface area contributed by atoms with Crippen molar-refractivity contribution >= 4 is 12.6 Å². The highest BCUT2D eigenvalue weighted by atomic mass is 19.3. The van der Waals surface area contributed by atoms with Gasteiger partial charge in [0.1, 0.15) is 5.82 Å². The fourth-order valence-corrected chi connectivity index (χ4v) is 1.08. The molecule has 1 aromatic rings. The highest BCUT2D eigenvalue weighted by Gasteiger charge is 2.17. The van der Waals surface area contributed by atoms with Gasteiger partial charge in [-0.1, -0.05) is 0 Å². The van der Waals surface area contributed by atoms with Gasteiger partial charge in [-0.3, -0.25) is 9.59 Å². The first kappa shape index (κ1) is 10.4. The van der Waals surface area contributed by atoms with Crippen LogP contribution in [0.5, 0.6) is 0 Å². The number of rotatable bonds is 3. The third-order valence-corrected chi connectivity index (χ3v) is 1.69. The molecule has 0 radical (unpaired) electrons. The molecule has 0 bridgehead atoms. The summed E-state index contributed by atoms with van der Waals surface area (Å²) in [4.78, 5) is 20.8. The molecule has 0 spiro atoms. The number of carbonyl (C=O) groups is 2. The molecular formula is C9H5F3O2. The highest BCUT2D eigenvalue weighted by molar-refractivity contribution is 5.91. The van der Waals surface area contributed by atoms with Crippen LogP contribution in [0.25, 0.3) is 0 Å². The zero-order valence-corrected chi connectivity index (χ0v) is 6.84. The number of halogens is 3. The molecule has 0 N–H and O–H groups in total. The minimum atomic E-state index is -2.98. The predicted octanol–water partition coefficient (Wildman–Crippen LogP) is 2.39. The lowest BCUT2D eigenvalue weighted by Gasteiger charge is -2.05. The molecule has 2 nitrogen and oxygen atoms in total. The lowest BCUT2D eigenvalue weighted by Crippen LogP contribution is -2.00. The summed E-state index contributed by atoms with van der Waals surface area (Å²) in [5.41, 5.74) is -1.59. The second-order valence-corrected chi connectivity index (χ2v) is 2.53. The maximum atomic E-state index is 12.7. The van der Waals surface area contributed by atoms with E-state index >= 15 is 0 Å². The van der Waals surface area contributed by atoms with Gasteiger partial charge in [0.25, 0.3) is 6.43 Å². The first-order chi connectivity index (χ1) is 6.60. The Hall–Kier alpha value is -1.65. The van der Waals surface area contributed by atoms with Crippen molar-refractivity contribution in [2.24, 2.45) is 0 Å². The van der Waals surface area contributed by atoms with Crippen LogP contribution in [0.15, 0.2) is 12.1 Å². The molecule has 14 heavy (non-hydrogen) atoms. The fraction of sp³-hybridized carbons (Fsp3) is 0.111. The minimum Gasteiger partial charge on any atom is -0.298 e. The monoisotopic (exact) mass is 202 g/mol. The van der Waals surface area contributed by atoms with Crippen molar-refractivity contribution in [1.29, 1.82) is 0 Å². The van der Waals surface area contributed by atoms with E-state index in [2.05, 4.69) is 0 Å². The second kappa shape index (κ2) is 4.04. The summed E-state index contributed by atoms with van der Waals surface area (Å²) in [5, 5.41) is 0. The molecule has 74 valence electrons. The molecule has 0 aliphatic carbocycles. The van der Waals surface area contributed by atoms with Crippen molar-refractivity contribution in [1.82, 2.24) is 0 Å². The van der Waals surface area contributed by atoms with Crippen molar-refractivity contribution in [2.75, 3.05) is 0 Å². The van der Waals surface area contributed by atoms with Crippen molar-refractivity contribution in [3.63, 3.8) is 0 Å². The Morgan fingerprint density at radius 3 is 2.21 bits per heavy atom. The van der Waals surface area contributed by atoms with E-state index in [1.807, 2.05) is 0 Å². The zero-order valence-electron chi connectivity index (χ0n) is 6.84. The molecule has 0 saturated heterocycles. The number of benzene rings is 1. The minimum absolute atomic E-state index is 0.116. The van der Waals surface area contributed by atoms with Crippen LogP contribution >= 0.6 is 0 Å². The van der Waals surface area contributed by atoms with Crippen LogP contribution in [0.3, 0.4) is 0 Å². The molecule has 1 rings (SSSR count). The Morgan fingerprint density at radius 1 is 1.14 bits per heavy atom. The van der Waals surface area contributed by atoms with Crippen LogP contribution in [0.1, 0.15) is 32.7 Å². The summed E-state index contributed by atoms with van der Waals surface area (Å²) in [6.45, 7) is 0. The van der Waals surface area contributed by atoms with Crippen molar-refractivity contribution in [3.8, 4) is 0 Å². The van der Waals surface area contributed by atoms with Gasteiger partial charge in [0.05, 0.1) is 0 Å². The quantitative estimate of drug-likeness (QED) is 0.705. The lowest BCUT2D eigenvalue weighted by molar-refractivity contribution is 0.108. The van der Waals surface area contributed by atoms with E-state index in [9.17, 15) is 22.8 Å². The normalized spacial score (nSPS) is 10.3. The molecule has 5 heteroatoms. The van der Waals surface area contributed by atoms with Gasteiger partial charge in [-0.25, -0.2) is 13.2 Å². The Bertz CT molecular complexity index is 375. The van der Waals surface area contributed by atoms with E-state index in [-0.39, 0.29) is 18.1 Å². The van der Waals surface area contributed by atoms with Crippen LogP contribution in [-0.4, -0.2) is 12.6 Å². The van der Waals surface area contributed by atoms with E-state index in [1.165, 1.54) is 0 Å². The maximum absolute atomic E-state index is 12.7. The number of alkyl halides is 2. The fourth-order valence-electron chi connectivity index (χ4n) is 1.08. The third kappa shape index (κ3) is 1.81. The molecule has 0 amide bonds. The molecule has 0 saturated carbocycles. The largest absolute Gasteiger partial charge is 0.298 e. The average Bonchev–Trinajstić information content (AvgIpc) is 2.16. The Kier molecular flexibility index (Phi) is 3.01. The standard InChI is InChI=1S/C9H5F3O2/c10-6-1-5(3-13)8(4-14)7(2-6)9(11)12/h1-4,9H. The van der Waals surface area contributed by atoms with Gasteiger partial charge in [-0.05, 0) is 12.1 Å². The Balaban J connectivity index is 3.46. The molecule has 0 aromatic heterocycles. The van der Waals surface area contributed by atoms with Gasteiger partial charge in [0.2, 0.25) is 0 Å². The topological polar surface area (TPSA) is 34.1 Å². The Labute approximate surface area is 77.3 Å². The van der Waals surface area contributed by atoms with Crippen molar-refractivity contribution < 1.29 is 22.8 Å². The maximum Gasteiger partial charge on any atom is 0.264 e. The molecule has 0 unspecified atom stereocenters. The first-order valence-corrected chi connectivity index (χ1v) is 3.62. The molecule has 1 aromatic carbocycles. The van der Waals surface area contributed by atoms with Crippen LogP contribution < -0.4 is 0 Å². The van der Waals surface area contributed by atoms with Crippen LogP contribution in [0.2, 0.25) is 0 Å². The third-order valence-electron chi connectivity index (χ3n) is 1.69. The van der Waals surface area contributed by atoms with Crippen molar-refractivity contribution in [3.05, 3.63) is 34.6 Å². The SMILES string of the molecule is O=Cc1cc(F)cc(C(F)F)c1C=O. The van der Waals surface area contributed by atoms with Gasteiger partial charge < -0.3 is 0 Å². The molecule has 0 atom stereocenters. The number of hydrogen-bond donors (Lipinski definition) is 0. The Morgan fingerprint density at radius 2 is 1.79 bits per heavy atom. The van der Waals surface area contributed by atoms with E-state index < -0.39 is 23.4 Å².